The van der Waals surface area contributed by atoms with Crippen LogP contribution in [-0.2, 0) is 16.0 Å². The summed E-state index contributed by atoms with van der Waals surface area (Å²) < 4.78 is 5.21. The summed E-state index contributed by atoms with van der Waals surface area (Å²) in [5.74, 6) is -0.247. The summed E-state index contributed by atoms with van der Waals surface area (Å²) in [5.41, 5.74) is 4.80. The zero-order valence-electron chi connectivity index (χ0n) is 11.7. The number of hydrogen-bond acceptors (Lipinski definition) is 2. The molecular formula is C18H15ClO2. The van der Waals surface area contributed by atoms with E-state index in [0.717, 1.165) is 22.3 Å². The van der Waals surface area contributed by atoms with Crippen molar-refractivity contribution in [3.05, 3.63) is 75.8 Å². The second-order valence-corrected chi connectivity index (χ2v) is 5.35. The Bertz CT molecular complexity index is 717. The van der Waals surface area contributed by atoms with Crippen LogP contribution in [-0.4, -0.2) is 12.6 Å². The molecule has 0 amide bonds. The van der Waals surface area contributed by atoms with Crippen molar-refractivity contribution < 1.29 is 9.53 Å². The molecule has 1 aliphatic carbocycles. The molecule has 3 rings (SSSR count). The Kier molecular flexibility index (Phi) is 3.80. The summed E-state index contributed by atoms with van der Waals surface area (Å²) in [6.45, 7) is 2.20. The van der Waals surface area contributed by atoms with Gasteiger partial charge in [0.2, 0.25) is 0 Å². The lowest BCUT2D eigenvalue weighted by molar-refractivity contribution is -0.138. The minimum atomic E-state index is -0.247. The third-order valence-corrected chi connectivity index (χ3v) is 3.83. The molecule has 0 atom stereocenters. The number of benzene rings is 2. The maximum Gasteiger partial charge on any atom is 0.334 e. The van der Waals surface area contributed by atoms with E-state index in [4.69, 9.17) is 16.3 Å². The van der Waals surface area contributed by atoms with Gasteiger partial charge in [-0.25, -0.2) is 4.79 Å². The van der Waals surface area contributed by atoms with Crippen molar-refractivity contribution in [3.63, 3.8) is 0 Å². The van der Waals surface area contributed by atoms with Crippen molar-refractivity contribution in [1.82, 2.24) is 0 Å². The normalized spacial score (nSPS) is 13.2. The smallest absolute Gasteiger partial charge is 0.334 e. The lowest BCUT2D eigenvalue weighted by Crippen LogP contribution is -2.09. The third kappa shape index (κ3) is 2.59. The lowest BCUT2D eigenvalue weighted by Gasteiger charge is -2.09. The van der Waals surface area contributed by atoms with Crippen molar-refractivity contribution in [2.24, 2.45) is 0 Å². The van der Waals surface area contributed by atoms with Gasteiger partial charge in [-0.05, 0) is 41.3 Å². The Labute approximate surface area is 129 Å². The Morgan fingerprint density at radius 1 is 1.19 bits per heavy atom. The molecule has 3 heteroatoms. The van der Waals surface area contributed by atoms with Crippen LogP contribution in [0.4, 0.5) is 0 Å². The molecule has 0 N–H and O–H groups in total. The highest BCUT2D eigenvalue weighted by atomic mass is 35.5. The Balaban J connectivity index is 2.17. The van der Waals surface area contributed by atoms with E-state index in [1.807, 2.05) is 55.5 Å². The molecule has 0 aliphatic heterocycles. The van der Waals surface area contributed by atoms with Crippen molar-refractivity contribution in [2.45, 2.75) is 13.3 Å². The van der Waals surface area contributed by atoms with Gasteiger partial charge in [0.1, 0.15) is 0 Å². The van der Waals surface area contributed by atoms with Crippen LogP contribution in [0.2, 0.25) is 5.02 Å². The highest BCUT2D eigenvalue weighted by molar-refractivity contribution is 6.31. The molecule has 2 nitrogen and oxygen atoms in total. The average Bonchev–Trinajstić information content (AvgIpc) is 2.87. The number of fused-ring (bicyclic) bond motifs is 1. The molecule has 106 valence electrons. The van der Waals surface area contributed by atoms with Crippen LogP contribution in [0, 0.1) is 0 Å². The Hall–Kier alpha value is -2.06. The molecule has 1 aliphatic rings. The molecule has 2 aromatic carbocycles. The monoisotopic (exact) mass is 298 g/mol. The summed E-state index contributed by atoms with van der Waals surface area (Å²) in [6, 6.07) is 15.7. The molecule has 0 fully saturated rings. The standard InChI is InChI=1S/C18H15ClO2/c1-2-21-18(20)16-10-13-8-9-14(19)11-15(13)17(16)12-6-4-3-5-7-12/h3-9,11H,2,10H2,1H3. The van der Waals surface area contributed by atoms with Crippen LogP contribution < -0.4 is 0 Å². The predicted molar refractivity (Wildman–Crippen MR) is 84.3 cm³/mol. The van der Waals surface area contributed by atoms with Crippen molar-refractivity contribution in [3.8, 4) is 0 Å². The van der Waals surface area contributed by atoms with E-state index in [1.165, 1.54) is 0 Å². The summed E-state index contributed by atoms with van der Waals surface area (Å²) in [5, 5.41) is 0.673. The minimum Gasteiger partial charge on any atom is -0.463 e. The van der Waals surface area contributed by atoms with Gasteiger partial charge >= 0.3 is 5.97 Å². The van der Waals surface area contributed by atoms with E-state index in [-0.39, 0.29) is 5.97 Å². The maximum atomic E-state index is 12.3. The van der Waals surface area contributed by atoms with Gasteiger partial charge in [-0.1, -0.05) is 48.0 Å². The fourth-order valence-corrected chi connectivity index (χ4v) is 2.88. The molecule has 0 spiro atoms. The van der Waals surface area contributed by atoms with Gasteiger partial charge in [0, 0.05) is 17.0 Å². The van der Waals surface area contributed by atoms with E-state index in [9.17, 15) is 4.79 Å². The lowest BCUT2D eigenvalue weighted by atomic mass is 9.97. The van der Waals surface area contributed by atoms with Gasteiger partial charge in [-0.15, -0.1) is 0 Å². The number of hydrogen-bond donors (Lipinski definition) is 0. The van der Waals surface area contributed by atoms with Crippen LogP contribution in [0.5, 0.6) is 0 Å². The quantitative estimate of drug-likeness (QED) is 0.791. The van der Waals surface area contributed by atoms with Gasteiger partial charge in [0.05, 0.1) is 6.61 Å². The van der Waals surface area contributed by atoms with Crippen molar-refractivity contribution in [1.29, 1.82) is 0 Å². The first-order valence-electron chi connectivity index (χ1n) is 6.95. The van der Waals surface area contributed by atoms with Crippen LogP contribution in [0.1, 0.15) is 23.6 Å². The number of halogens is 1. The molecule has 0 saturated carbocycles. The van der Waals surface area contributed by atoms with E-state index in [2.05, 4.69) is 0 Å². The van der Waals surface area contributed by atoms with Crippen molar-refractivity contribution in [2.75, 3.05) is 6.61 Å². The van der Waals surface area contributed by atoms with Crippen LogP contribution >= 0.6 is 11.6 Å². The summed E-state index contributed by atoms with van der Waals surface area (Å²) in [4.78, 5) is 12.3. The molecule has 0 heterocycles. The number of carbonyl (C=O) groups is 1. The third-order valence-electron chi connectivity index (χ3n) is 3.59. The molecule has 0 unspecified atom stereocenters. The van der Waals surface area contributed by atoms with Gasteiger partial charge in [0.25, 0.3) is 0 Å². The van der Waals surface area contributed by atoms with Gasteiger partial charge in [-0.2, -0.15) is 0 Å². The average molecular weight is 299 g/mol. The summed E-state index contributed by atoms with van der Waals surface area (Å²) in [6.07, 6.45) is 0.593. The number of esters is 1. The topological polar surface area (TPSA) is 26.3 Å². The van der Waals surface area contributed by atoms with E-state index in [0.29, 0.717) is 23.6 Å². The first kappa shape index (κ1) is 13.9. The van der Waals surface area contributed by atoms with E-state index >= 15 is 0 Å². The molecule has 21 heavy (non-hydrogen) atoms. The fourth-order valence-electron chi connectivity index (χ4n) is 2.70. The van der Waals surface area contributed by atoms with Crippen LogP contribution in [0.15, 0.2) is 54.1 Å². The number of rotatable bonds is 3. The minimum absolute atomic E-state index is 0.247. The predicted octanol–water partition coefficient (Wildman–Crippen LogP) is 4.26. The first-order chi connectivity index (χ1) is 10.2. The zero-order valence-corrected chi connectivity index (χ0v) is 12.5. The summed E-state index contributed by atoms with van der Waals surface area (Å²) >= 11 is 6.13. The van der Waals surface area contributed by atoms with Gasteiger partial charge in [-0.3, -0.25) is 0 Å². The molecule has 0 radical (unpaired) electrons. The Morgan fingerprint density at radius 3 is 2.67 bits per heavy atom. The number of carbonyl (C=O) groups excluding carboxylic acids is 1. The number of ether oxygens (including phenoxy) is 1. The highest BCUT2D eigenvalue weighted by Gasteiger charge is 2.28. The Morgan fingerprint density at radius 2 is 1.95 bits per heavy atom. The maximum absolute atomic E-state index is 12.3. The second kappa shape index (κ2) is 5.74. The summed E-state index contributed by atoms with van der Waals surface area (Å²) in [7, 11) is 0. The zero-order chi connectivity index (χ0) is 14.8. The molecule has 2 aromatic rings. The van der Waals surface area contributed by atoms with Crippen molar-refractivity contribution >= 4 is 23.1 Å². The second-order valence-electron chi connectivity index (χ2n) is 4.92. The molecule has 0 bridgehead atoms. The molecule has 0 saturated heterocycles. The van der Waals surface area contributed by atoms with Gasteiger partial charge < -0.3 is 4.74 Å². The van der Waals surface area contributed by atoms with Gasteiger partial charge in [0.15, 0.2) is 0 Å². The van der Waals surface area contributed by atoms with E-state index in [1.54, 1.807) is 0 Å². The fraction of sp³-hybridized carbons (Fsp3) is 0.167. The highest BCUT2D eigenvalue weighted by Crippen LogP contribution is 2.39. The van der Waals surface area contributed by atoms with Crippen LogP contribution in [0.3, 0.4) is 0 Å². The molecular weight excluding hydrogens is 284 g/mol. The molecule has 0 aromatic heterocycles. The van der Waals surface area contributed by atoms with Crippen LogP contribution in [0.25, 0.3) is 5.57 Å². The van der Waals surface area contributed by atoms with E-state index < -0.39 is 0 Å². The first-order valence-corrected chi connectivity index (χ1v) is 7.33. The largest absolute Gasteiger partial charge is 0.463 e. The SMILES string of the molecule is CCOC(=O)C1=C(c2ccccc2)c2cc(Cl)ccc2C1.